The molecule has 1 aliphatic rings. The fourth-order valence-corrected chi connectivity index (χ4v) is 1.65. The van der Waals surface area contributed by atoms with Crippen LogP contribution in [0.2, 0.25) is 0 Å². The number of hydrogen-bond donors (Lipinski definition) is 1. The predicted molar refractivity (Wildman–Crippen MR) is 81.8 cm³/mol. The van der Waals surface area contributed by atoms with Crippen LogP contribution in [0.4, 0.5) is 0 Å². The Labute approximate surface area is 120 Å². The molecular weight excluding hydrogens is 252 g/mol. The van der Waals surface area contributed by atoms with Crippen molar-refractivity contribution in [2.45, 2.75) is 0 Å². The van der Waals surface area contributed by atoms with Crippen molar-refractivity contribution >= 4 is 0 Å². The van der Waals surface area contributed by atoms with Crippen molar-refractivity contribution in [3.8, 4) is 0 Å². The Morgan fingerprint density at radius 2 is 1.55 bits per heavy atom. The molecule has 0 aromatic rings. The molecule has 0 radical (unpaired) electrons. The number of nitrogens with zero attached hydrogens (tertiary/aromatic N) is 5. The molecule has 0 saturated heterocycles. The lowest BCUT2D eigenvalue weighted by molar-refractivity contribution is -0.0510. The molecule has 0 aromatic carbocycles. The largest absolute Gasteiger partial charge is 0.346 e. The van der Waals surface area contributed by atoms with Crippen LogP contribution in [0.15, 0.2) is 73.0 Å². The molecule has 108 valence electrons. The molecule has 0 aromatic heterocycles. The average molecular weight is 274 g/mol. The van der Waals surface area contributed by atoms with Crippen molar-refractivity contribution in [1.29, 1.82) is 0 Å². The van der Waals surface area contributed by atoms with Crippen molar-refractivity contribution in [3.63, 3.8) is 0 Å². The second kappa shape index (κ2) is 8.71. The Kier molecular flexibility index (Phi) is 6.84. The van der Waals surface area contributed by atoms with E-state index in [1.54, 1.807) is 23.6 Å². The van der Waals surface area contributed by atoms with Gasteiger partial charge in [-0.3, -0.25) is 5.43 Å². The maximum Gasteiger partial charge on any atom is 0.171 e. The van der Waals surface area contributed by atoms with E-state index in [4.69, 9.17) is 0 Å². The molecule has 0 saturated carbocycles. The van der Waals surface area contributed by atoms with Crippen molar-refractivity contribution < 1.29 is 0 Å². The molecule has 0 unspecified atom stereocenters. The van der Waals surface area contributed by atoms with Crippen LogP contribution in [0.1, 0.15) is 0 Å². The second-order valence-corrected chi connectivity index (χ2v) is 4.04. The number of hydrogen-bond acceptors (Lipinski definition) is 6. The third-order valence-corrected chi connectivity index (χ3v) is 2.51. The van der Waals surface area contributed by atoms with Gasteiger partial charge in [-0.15, -0.1) is 36.7 Å². The van der Waals surface area contributed by atoms with Crippen LogP contribution in [0, 0.1) is 0 Å². The maximum absolute atomic E-state index is 4.20. The normalized spacial score (nSPS) is 13.4. The summed E-state index contributed by atoms with van der Waals surface area (Å²) in [6.45, 7) is 17.6. The molecule has 1 aliphatic heterocycles. The lowest BCUT2D eigenvalue weighted by Gasteiger charge is -2.32. The number of hydrazine groups is 2. The first-order valence-corrected chi connectivity index (χ1v) is 6.38. The quantitative estimate of drug-likeness (QED) is 0.621. The first-order valence-electron chi connectivity index (χ1n) is 6.38. The molecule has 0 spiro atoms. The van der Waals surface area contributed by atoms with E-state index in [9.17, 15) is 0 Å². The Balaban J connectivity index is 2.69. The molecule has 0 bridgehead atoms. The molecule has 1 heterocycles. The lowest BCUT2D eigenvalue weighted by atomic mass is 10.4. The second-order valence-electron chi connectivity index (χ2n) is 4.04. The summed E-state index contributed by atoms with van der Waals surface area (Å²) in [5, 5.41) is 11.8. The average Bonchev–Trinajstić information content (AvgIpc) is 2.47. The van der Waals surface area contributed by atoms with Gasteiger partial charge >= 0.3 is 0 Å². The molecule has 0 fully saturated rings. The van der Waals surface area contributed by atoms with Crippen molar-refractivity contribution in [1.82, 2.24) is 20.6 Å². The molecule has 6 nitrogen and oxygen atoms in total. The Hall–Kier alpha value is -2.34. The highest BCUT2D eigenvalue weighted by molar-refractivity contribution is 5.02. The van der Waals surface area contributed by atoms with Gasteiger partial charge in [0.1, 0.15) is 0 Å². The molecule has 0 amide bonds. The molecular formula is C14H22N6. The van der Waals surface area contributed by atoms with Crippen molar-refractivity contribution in [3.05, 3.63) is 62.6 Å². The predicted octanol–water partition coefficient (Wildman–Crippen LogP) is 2.24. The summed E-state index contributed by atoms with van der Waals surface area (Å²) in [7, 11) is 0. The van der Waals surface area contributed by atoms with Crippen molar-refractivity contribution in [2.75, 3.05) is 26.2 Å². The number of nitrogens with one attached hydrogen (secondary N) is 1. The van der Waals surface area contributed by atoms with Gasteiger partial charge in [-0.05, 0) is 5.22 Å². The molecule has 6 heteroatoms. The monoisotopic (exact) mass is 274 g/mol. The fraction of sp³-hybridized carbons (Fsp3) is 0.286. The highest BCUT2D eigenvalue weighted by Gasteiger charge is 2.16. The van der Waals surface area contributed by atoms with Gasteiger partial charge in [-0.1, -0.05) is 24.3 Å². The Morgan fingerprint density at radius 3 is 1.95 bits per heavy atom. The third-order valence-electron chi connectivity index (χ3n) is 2.51. The summed E-state index contributed by atoms with van der Waals surface area (Å²) < 4.78 is 0. The topological polar surface area (TPSA) is 46.5 Å². The highest BCUT2D eigenvalue weighted by Crippen LogP contribution is 2.12. The first kappa shape index (κ1) is 15.7. The van der Waals surface area contributed by atoms with Crippen LogP contribution >= 0.6 is 0 Å². The molecule has 0 atom stereocenters. The van der Waals surface area contributed by atoms with E-state index in [-0.39, 0.29) is 0 Å². The first-order chi connectivity index (χ1) is 9.76. The Morgan fingerprint density at radius 1 is 1.00 bits per heavy atom. The summed E-state index contributed by atoms with van der Waals surface area (Å²) in [6.07, 6.45) is 9.00. The minimum Gasteiger partial charge on any atom is -0.346 e. The van der Waals surface area contributed by atoms with E-state index < -0.39 is 0 Å². The summed E-state index contributed by atoms with van der Waals surface area (Å²) in [5.74, 6) is 0.734. The van der Waals surface area contributed by atoms with Crippen LogP contribution in [-0.2, 0) is 0 Å². The summed E-state index contributed by atoms with van der Waals surface area (Å²) in [5.41, 5.74) is 3.07. The van der Waals surface area contributed by atoms with Gasteiger partial charge in [-0.25, -0.2) is 0 Å². The molecule has 1 rings (SSSR count). The van der Waals surface area contributed by atoms with Crippen molar-refractivity contribution in [2.24, 2.45) is 10.3 Å². The van der Waals surface area contributed by atoms with Gasteiger partial charge in [-0.2, -0.15) is 5.01 Å². The lowest BCUT2D eigenvalue weighted by Crippen LogP contribution is -2.47. The summed E-state index contributed by atoms with van der Waals surface area (Å²) >= 11 is 0. The summed E-state index contributed by atoms with van der Waals surface area (Å²) in [4.78, 5) is 2.00. The zero-order valence-corrected chi connectivity index (χ0v) is 11.8. The van der Waals surface area contributed by atoms with E-state index in [2.05, 4.69) is 42.1 Å². The standard InChI is InChI=1S/C14H22N6/c1-5-9-18(10-6-2)14-13-15-20(17-16-14)19(11-7-3)12-8-4/h5-8,13,15H,1-4,9-12H2. The van der Waals surface area contributed by atoms with Crippen LogP contribution in [0.25, 0.3) is 0 Å². The highest BCUT2D eigenvalue weighted by atomic mass is 16.0. The van der Waals surface area contributed by atoms with Crippen LogP contribution in [0.5, 0.6) is 0 Å². The van der Waals surface area contributed by atoms with E-state index in [0.717, 1.165) is 5.82 Å². The van der Waals surface area contributed by atoms with E-state index >= 15 is 0 Å². The molecule has 1 N–H and O–H groups in total. The smallest absolute Gasteiger partial charge is 0.171 e. The van der Waals surface area contributed by atoms with Gasteiger partial charge in [0.05, 0.1) is 6.20 Å². The fourth-order valence-electron chi connectivity index (χ4n) is 1.65. The van der Waals surface area contributed by atoms with Gasteiger partial charge in [0.2, 0.25) is 0 Å². The van der Waals surface area contributed by atoms with Gasteiger partial charge in [0.15, 0.2) is 5.82 Å². The van der Waals surface area contributed by atoms with Gasteiger partial charge in [0, 0.05) is 26.2 Å². The van der Waals surface area contributed by atoms with Crippen LogP contribution in [0.3, 0.4) is 0 Å². The van der Waals surface area contributed by atoms with E-state index in [1.807, 2.05) is 22.1 Å². The van der Waals surface area contributed by atoms with Crippen LogP contribution < -0.4 is 5.43 Å². The van der Waals surface area contributed by atoms with E-state index in [0.29, 0.717) is 26.2 Å². The van der Waals surface area contributed by atoms with Gasteiger partial charge < -0.3 is 4.90 Å². The molecule has 20 heavy (non-hydrogen) atoms. The minimum atomic E-state index is 0.643. The minimum absolute atomic E-state index is 0.643. The number of rotatable bonds is 10. The van der Waals surface area contributed by atoms with Gasteiger partial charge in [0.25, 0.3) is 0 Å². The molecule has 0 aliphatic carbocycles. The Bertz CT molecular complexity index is 392. The zero-order valence-electron chi connectivity index (χ0n) is 11.8. The maximum atomic E-state index is 4.20. The third kappa shape index (κ3) is 4.40. The van der Waals surface area contributed by atoms with Crippen LogP contribution in [-0.4, -0.2) is 41.3 Å². The van der Waals surface area contributed by atoms with E-state index in [1.165, 1.54) is 0 Å². The summed E-state index contributed by atoms with van der Waals surface area (Å²) in [6, 6.07) is 0. The zero-order chi connectivity index (χ0) is 14.8. The SMILES string of the molecule is C=CCN(CC=C)C1=CNN(N(CC=C)CC=C)N=N1.